The van der Waals surface area contributed by atoms with Gasteiger partial charge in [0, 0.05) is 10.9 Å². The number of benzene rings is 3. The molecule has 0 N–H and O–H groups in total. The molecule has 0 bridgehead atoms. The van der Waals surface area contributed by atoms with E-state index in [-0.39, 0.29) is 17.8 Å². The lowest BCUT2D eigenvalue weighted by molar-refractivity contribution is 0.0530. The summed E-state index contributed by atoms with van der Waals surface area (Å²) in [6.45, 7) is 10.6. The fraction of sp³-hybridized carbons (Fsp3) is 0.226. The second-order valence-electron chi connectivity index (χ2n) is 10.1. The van der Waals surface area contributed by atoms with Crippen LogP contribution >= 0.6 is 0 Å². The topological polar surface area (TPSA) is 43.6 Å². The highest BCUT2D eigenvalue weighted by Crippen LogP contribution is 2.35. The van der Waals surface area contributed by atoms with Crippen LogP contribution in [-0.4, -0.2) is 22.0 Å². The van der Waals surface area contributed by atoms with E-state index >= 15 is 0 Å². The van der Waals surface area contributed by atoms with Gasteiger partial charge in [-0.2, -0.15) is 0 Å². The third-order valence-corrected chi connectivity index (χ3v) is 6.50. The van der Waals surface area contributed by atoms with Crippen molar-refractivity contribution in [3.8, 4) is 22.5 Å². The maximum atomic E-state index is 13.7. The highest BCUT2D eigenvalue weighted by Gasteiger charge is 2.24. The standard InChI is InChI=1S/C31H29FN2O2/c1-6-36-30(35)28-24-17-19(2)7-16-26(24)34-27(21-8-12-22(13-9-21)31(3,4)5)18-25(33-29(28)34)20-10-14-23(32)15-11-20/h7-18H,6H2,1-5H3. The predicted molar refractivity (Wildman–Crippen MR) is 143 cm³/mol. The number of ether oxygens (including phenoxy) is 1. The molecule has 0 aliphatic carbocycles. The zero-order chi connectivity index (χ0) is 25.6. The molecule has 0 amide bonds. The maximum absolute atomic E-state index is 13.7. The quantitative estimate of drug-likeness (QED) is 0.247. The number of aryl methyl sites for hydroxylation is 1. The van der Waals surface area contributed by atoms with Crippen molar-refractivity contribution in [3.05, 3.63) is 95.3 Å². The SMILES string of the molecule is CCOC(=O)c1c2cc(C)ccc2n2c(-c3ccc(C(C)(C)C)cc3)cc(-c3ccc(F)cc3)nc12. The first-order chi connectivity index (χ1) is 17.2. The molecule has 0 fully saturated rings. The van der Waals surface area contributed by atoms with Gasteiger partial charge in [0.15, 0.2) is 5.65 Å². The van der Waals surface area contributed by atoms with Crippen LogP contribution in [0.4, 0.5) is 4.39 Å². The molecule has 182 valence electrons. The monoisotopic (exact) mass is 480 g/mol. The number of halogens is 1. The third kappa shape index (κ3) is 4.15. The first kappa shape index (κ1) is 23.7. The smallest absolute Gasteiger partial charge is 0.342 e. The van der Waals surface area contributed by atoms with E-state index in [0.717, 1.165) is 33.3 Å². The summed E-state index contributed by atoms with van der Waals surface area (Å²) in [5.41, 5.74) is 7.44. The van der Waals surface area contributed by atoms with Crippen LogP contribution < -0.4 is 0 Å². The summed E-state index contributed by atoms with van der Waals surface area (Å²) >= 11 is 0. The van der Waals surface area contributed by atoms with Crippen molar-refractivity contribution in [2.75, 3.05) is 6.61 Å². The minimum atomic E-state index is -0.409. The predicted octanol–water partition coefficient (Wildman–Crippen LogP) is 7.74. The molecule has 5 heteroatoms. The first-order valence-corrected chi connectivity index (χ1v) is 12.2. The molecule has 5 rings (SSSR count). The van der Waals surface area contributed by atoms with Crippen molar-refractivity contribution in [1.82, 2.24) is 9.38 Å². The van der Waals surface area contributed by atoms with Crippen LogP contribution in [0.15, 0.2) is 72.8 Å². The van der Waals surface area contributed by atoms with E-state index in [0.29, 0.717) is 16.9 Å². The van der Waals surface area contributed by atoms with Gasteiger partial charge in [0.05, 0.1) is 23.5 Å². The zero-order valence-corrected chi connectivity index (χ0v) is 21.2. The molecular weight excluding hydrogens is 451 g/mol. The minimum Gasteiger partial charge on any atom is -0.462 e. The Balaban J connectivity index is 1.88. The molecule has 4 nitrogen and oxygen atoms in total. The molecular formula is C31H29FN2O2. The van der Waals surface area contributed by atoms with Gasteiger partial charge >= 0.3 is 5.97 Å². The second-order valence-corrected chi connectivity index (χ2v) is 10.1. The van der Waals surface area contributed by atoms with Crippen LogP contribution in [0, 0.1) is 12.7 Å². The molecule has 0 saturated heterocycles. The van der Waals surface area contributed by atoms with Crippen LogP contribution in [-0.2, 0) is 10.2 Å². The van der Waals surface area contributed by atoms with Crippen LogP contribution in [0.3, 0.4) is 0 Å². The van der Waals surface area contributed by atoms with E-state index in [1.807, 2.05) is 35.6 Å². The molecule has 36 heavy (non-hydrogen) atoms. The van der Waals surface area contributed by atoms with E-state index in [4.69, 9.17) is 9.72 Å². The third-order valence-electron chi connectivity index (χ3n) is 6.50. The summed E-state index contributed by atoms with van der Waals surface area (Å²) in [7, 11) is 0. The van der Waals surface area contributed by atoms with E-state index in [1.165, 1.54) is 17.7 Å². The van der Waals surface area contributed by atoms with Crippen LogP contribution in [0.1, 0.15) is 49.2 Å². The fourth-order valence-electron chi connectivity index (χ4n) is 4.61. The van der Waals surface area contributed by atoms with Crippen molar-refractivity contribution in [3.63, 3.8) is 0 Å². The Labute approximate surface area is 210 Å². The Hall–Kier alpha value is -3.99. The van der Waals surface area contributed by atoms with Gasteiger partial charge in [0.2, 0.25) is 0 Å². The van der Waals surface area contributed by atoms with Crippen LogP contribution in [0.5, 0.6) is 0 Å². The number of esters is 1. The van der Waals surface area contributed by atoms with Gasteiger partial charge in [0.25, 0.3) is 0 Å². The number of rotatable bonds is 4. The number of nitrogens with zero attached hydrogens (tertiary/aromatic N) is 2. The normalized spacial score (nSPS) is 11.8. The highest BCUT2D eigenvalue weighted by atomic mass is 19.1. The lowest BCUT2D eigenvalue weighted by Gasteiger charge is -2.19. The molecule has 0 atom stereocenters. The Morgan fingerprint density at radius 2 is 1.61 bits per heavy atom. The summed E-state index contributed by atoms with van der Waals surface area (Å²) in [4.78, 5) is 18.1. The van der Waals surface area contributed by atoms with E-state index in [9.17, 15) is 9.18 Å². The molecule has 2 aromatic heterocycles. The van der Waals surface area contributed by atoms with Gasteiger partial charge in [-0.3, -0.25) is 4.40 Å². The number of aromatic nitrogens is 2. The molecule has 3 aromatic carbocycles. The number of hydrogen-bond acceptors (Lipinski definition) is 3. The van der Waals surface area contributed by atoms with E-state index < -0.39 is 5.97 Å². The Morgan fingerprint density at radius 3 is 2.25 bits per heavy atom. The summed E-state index contributed by atoms with van der Waals surface area (Å²) in [5.74, 6) is -0.720. The Kier molecular flexibility index (Phi) is 5.87. The zero-order valence-electron chi connectivity index (χ0n) is 21.2. The van der Waals surface area contributed by atoms with Crippen molar-refractivity contribution in [2.24, 2.45) is 0 Å². The average molecular weight is 481 g/mol. The minimum absolute atomic E-state index is 0.0279. The summed E-state index contributed by atoms with van der Waals surface area (Å²) in [6, 6.07) is 22.8. The van der Waals surface area contributed by atoms with Crippen molar-refractivity contribution in [2.45, 2.75) is 40.0 Å². The van der Waals surface area contributed by atoms with Crippen molar-refractivity contribution in [1.29, 1.82) is 0 Å². The fourth-order valence-corrected chi connectivity index (χ4v) is 4.61. The van der Waals surface area contributed by atoms with Crippen LogP contribution in [0.25, 0.3) is 39.1 Å². The highest BCUT2D eigenvalue weighted by molar-refractivity contribution is 6.12. The Bertz CT molecular complexity index is 1590. The Morgan fingerprint density at radius 1 is 0.944 bits per heavy atom. The number of hydrogen-bond donors (Lipinski definition) is 0. The van der Waals surface area contributed by atoms with Crippen LogP contribution in [0.2, 0.25) is 0 Å². The summed E-state index contributed by atoms with van der Waals surface area (Å²) < 4.78 is 21.2. The van der Waals surface area contributed by atoms with Crippen molar-refractivity contribution < 1.29 is 13.9 Å². The van der Waals surface area contributed by atoms with E-state index in [2.05, 4.69) is 45.0 Å². The lowest BCUT2D eigenvalue weighted by Crippen LogP contribution is -2.10. The molecule has 2 heterocycles. The molecule has 5 aromatic rings. The molecule has 0 radical (unpaired) electrons. The van der Waals surface area contributed by atoms with Gasteiger partial charge in [-0.15, -0.1) is 0 Å². The molecule has 0 unspecified atom stereocenters. The molecule has 0 aliphatic heterocycles. The average Bonchev–Trinajstić information content (AvgIpc) is 3.17. The first-order valence-electron chi connectivity index (χ1n) is 12.2. The summed E-state index contributed by atoms with van der Waals surface area (Å²) in [5, 5.41) is 0.796. The maximum Gasteiger partial charge on any atom is 0.342 e. The van der Waals surface area contributed by atoms with Crippen molar-refractivity contribution >= 4 is 22.5 Å². The molecule has 0 saturated carbocycles. The van der Waals surface area contributed by atoms with Gasteiger partial charge in [-0.25, -0.2) is 14.2 Å². The summed E-state index contributed by atoms with van der Waals surface area (Å²) in [6.07, 6.45) is 0. The number of carbonyl (C=O) groups excluding carboxylic acids is 1. The van der Waals surface area contributed by atoms with Gasteiger partial charge in [-0.05, 0) is 72.9 Å². The van der Waals surface area contributed by atoms with Gasteiger partial charge in [-0.1, -0.05) is 56.7 Å². The van der Waals surface area contributed by atoms with Gasteiger partial charge in [0.1, 0.15) is 11.4 Å². The number of fused-ring (bicyclic) bond motifs is 3. The molecule has 0 aliphatic rings. The largest absolute Gasteiger partial charge is 0.462 e. The number of carbonyl (C=O) groups is 1. The second kappa shape index (κ2) is 8.90. The van der Waals surface area contributed by atoms with E-state index in [1.54, 1.807) is 19.1 Å². The van der Waals surface area contributed by atoms with Gasteiger partial charge < -0.3 is 4.74 Å². The molecule has 0 spiro atoms. The lowest BCUT2D eigenvalue weighted by atomic mass is 9.86.